The summed E-state index contributed by atoms with van der Waals surface area (Å²) in [5.74, 6) is -0.929. The van der Waals surface area contributed by atoms with Crippen molar-refractivity contribution in [2.24, 2.45) is 0 Å². The van der Waals surface area contributed by atoms with Crippen molar-refractivity contribution in [2.45, 2.75) is 20.4 Å². The first-order chi connectivity index (χ1) is 11.4. The van der Waals surface area contributed by atoms with Crippen LogP contribution in [0.3, 0.4) is 0 Å². The zero-order chi connectivity index (χ0) is 17.7. The molecule has 2 rings (SSSR count). The second-order valence-electron chi connectivity index (χ2n) is 5.70. The lowest BCUT2D eigenvalue weighted by molar-refractivity contribution is -0.605. The van der Waals surface area contributed by atoms with Gasteiger partial charge in [0.1, 0.15) is 0 Å². The Morgan fingerprint density at radius 3 is 2.46 bits per heavy atom. The fourth-order valence-corrected chi connectivity index (χ4v) is 2.24. The standard InChI is InChI=1S/C18H20N2O4/c1-13-4-5-16(14(2)10-13)11-19(3)17(21)12-24-18(22)15-6-8-20(23)9-7-15/h4-10H,11-12H2,1-3H3. The third kappa shape index (κ3) is 4.55. The molecule has 1 amide bonds. The first-order valence-electron chi connectivity index (χ1n) is 7.53. The van der Waals surface area contributed by atoms with Crippen LogP contribution in [0.25, 0.3) is 0 Å². The largest absolute Gasteiger partial charge is 0.619 e. The highest BCUT2D eigenvalue weighted by molar-refractivity contribution is 5.91. The van der Waals surface area contributed by atoms with E-state index in [4.69, 9.17) is 4.74 Å². The molecule has 0 radical (unpaired) electrons. The van der Waals surface area contributed by atoms with Crippen molar-refractivity contribution in [1.29, 1.82) is 0 Å². The molecule has 6 heteroatoms. The molecule has 0 unspecified atom stereocenters. The van der Waals surface area contributed by atoms with Gasteiger partial charge in [-0.1, -0.05) is 23.8 Å². The molecule has 0 spiro atoms. The molecule has 1 heterocycles. The number of hydrogen-bond donors (Lipinski definition) is 0. The first kappa shape index (κ1) is 17.5. The predicted molar refractivity (Wildman–Crippen MR) is 88.1 cm³/mol. The minimum Gasteiger partial charge on any atom is -0.619 e. The molecule has 0 saturated carbocycles. The lowest BCUT2D eigenvalue weighted by Gasteiger charge is -2.18. The topological polar surface area (TPSA) is 73.5 Å². The molecule has 0 aliphatic rings. The van der Waals surface area contributed by atoms with Gasteiger partial charge in [0.25, 0.3) is 5.91 Å². The molecule has 2 aromatic rings. The molecule has 0 aliphatic carbocycles. The Bertz CT molecular complexity index is 741. The van der Waals surface area contributed by atoms with Gasteiger partial charge in [-0.05, 0) is 25.0 Å². The summed E-state index contributed by atoms with van der Waals surface area (Å²) in [7, 11) is 1.67. The summed E-state index contributed by atoms with van der Waals surface area (Å²) >= 11 is 0. The Morgan fingerprint density at radius 1 is 1.17 bits per heavy atom. The lowest BCUT2D eigenvalue weighted by atomic mass is 10.1. The molecule has 1 aromatic heterocycles. The van der Waals surface area contributed by atoms with E-state index in [-0.39, 0.29) is 18.1 Å². The summed E-state index contributed by atoms with van der Waals surface area (Å²) in [4.78, 5) is 25.5. The van der Waals surface area contributed by atoms with Crippen LogP contribution in [0.4, 0.5) is 0 Å². The number of hydrogen-bond acceptors (Lipinski definition) is 4. The number of carbonyl (C=O) groups excluding carboxylic acids is 2. The van der Waals surface area contributed by atoms with Crippen molar-refractivity contribution in [3.63, 3.8) is 0 Å². The summed E-state index contributed by atoms with van der Waals surface area (Å²) < 4.78 is 5.57. The van der Waals surface area contributed by atoms with Gasteiger partial charge < -0.3 is 14.8 Å². The fourth-order valence-electron chi connectivity index (χ4n) is 2.24. The minimum absolute atomic E-state index is 0.229. The van der Waals surface area contributed by atoms with E-state index in [0.29, 0.717) is 11.3 Å². The van der Waals surface area contributed by atoms with E-state index in [1.807, 2.05) is 26.0 Å². The van der Waals surface area contributed by atoms with Crippen molar-refractivity contribution < 1.29 is 19.1 Å². The van der Waals surface area contributed by atoms with Gasteiger partial charge in [-0.3, -0.25) is 4.79 Å². The third-order valence-corrected chi connectivity index (χ3v) is 3.70. The Kier molecular flexibility index (Phi) is 5.52. The van der Waals surface area contributed by atoms with Gasteiger partial charge in [-0.15, -0.1) is 0 Å². The van der Waals surface area contributed by atoms with Crippen LogP contribution in [0.2, 0.25) is 0 Å². The SMILES string of the molecule is Cc1ccc(CN(C)C(=O)COC(=O)c2cc[n+]([O-])cc2)c(C)c1. The number of aromatic nitrogens is 1. The number of rotatable bonds is 5. The molecule has 0 N–H and O–H groups in total. The molecule has 0 atom stereocenters. The summed E-state index contributed by atoms with van der Waals surface area (Å²) in [5.41, 5.74) is 3.56. The van der Waals surface area contributed by atoms with Crippen LogP contribution in [-0.2, 0) is 16.1 Å². The highest BCUT2D eigenvalue weighted by Crippen LogP contribution is 2.12. The van der Waals surface area contributed by atoms with E-state index in [0.717, 1.165) is 11.1 Å². The second-order valence-corrected chi connectivity index (χ2v) is 5.70. The zero-order valence-electron chi connectivity index (χ0n) is 14.0. The van der Waals surface area contributed by atoms with Gasteiger partial charge in [-0.2, -0.15) is 4.73 Å². The van der Waals surface area contributed by atoms with E-state index in [1.54, 1.807) is 7.05 Å². The van der Waals surface area contributed by atoms with Crippen LogP contribution in [-0.4, -0.2) is 30.4 Å². The van der Waals surface area contributed by atoms with E-state index in [1.165, 1.54) is 35.0 Å². The predicted octanol–water partition coefficient (Wildman–Crippen LogP) is 1.75. The second kappa shape index (κ2) is 7.59. The number of pyridine rings is 1. The summed E-state index contributed by atoms with van der Waals surface area (Å²) in [6, 6.07) is 8.74. The molecule has 0 aliphatic heterocycles. The Labute approximate surface area is 140 Å². The number of esters is 1. The van der Waals surface area contributed by atoms with Gasteiger partial charge in [-0.25, -0.2) is 4.79 Å². The van der Waals surface area contributed by atoms with Crippen molar-refractivity contribution in [1.82, 2.24) is 4.90 Å². The number of nitrogens with zero attached hydrogens (tertiary/aromatic N) is 2. The molecule has 24 heavy (non-hydrogen) atoms. The maximum atomic E-state index is 12.1. The van der Waals surface area contributed by atoms with Crippen LogP contribution in [0, 0.1) is 19.1 Å². The van der Waals surface area contributed by atoms with E-state index < -0.39 is 5.97 Å². The number of ether oxygens (including phenoxy) is 1. The zero-order valence-corrected chi connectivity index (χ0v) is 14.0. The number of amides is 1. The van der Waals surface area contributed by atoms with Crippen LogP contribution in [0.5, 0.6) is 0 Å². The maximum absolute atomic E-state index is 12.1. The van der Waals surface area contributed by atoms with Crippen LogP contribution in [0.15, 0.2) is 42.7 Å². The van der Waals surface area contributed by atoms with Gasteiger partial charge in [0.15, 0.2) is 19.0 Å². The highest BCUT2D eigenvalue weighted by Gasteiger charge is 2.15. The molecule has 1 aromatic carbocycles. The smallest absolute Gasteiger partial charge is 0.339 e. The number of carbonyl (C=O) groups is 2. The molecule has 0 fully saturated rings. The van der Waals surface area contributed by atoms with Crippen molar-refractivity contribution in [2.75, 3.05) is 13.7 Å². The monoisotopic (exact) mass is 328 g/mol. The average molecular weight is 328 g/mol. The summed E-state index contributed by atoms with van der Waals surface area (Å²) in [6.07, 6.45) is 2.40. The average Bonchev–Trinajstić information content (AvgIpc) is 2.55. The van der Waals surface area contributed by atoms with Crippen molar-refractivity contribution in [3.8, 4) is 0 Å². The molecular formula is C18H20N2O4. The molecule has 126 valence electrons. The Morgan fingerprint density at radius 2 is 1.83 bits per heavy atom. The number of likely N-dealkylation sites (N-methyl/N-ethyl adjacent to an activating group) is 1. The molecule has 6 nitrogen and oxygen atoms in total. The number of aryl methyl sites for hydroxylation is 2. The summed E-state index contributed by atoms with van der Waals surface area (Å²) in [5, 5.41) is 10.9. The summed E-state index contributed by atoms with van der Waals surface area (Å²) in [6.45, 7) is 4.12. The maximum Gasteiger partial charge on any atom is 0.339 e. The van der Waals surface area contributed by atoms with Gasteiger partial charge >= 0.3 is 5.97 Å². The van der Waals surface area contributed by atoms with Crippen LogP contribution < -0.4 is 4.73 Å². The third-order valence-electron chi connectivity index (χ3n) is 3.70. The lowest BCUT2D eigenvalue weighted by Crippen LogP contribution is -2.31. The van der Waals surface area contributed by atoms with Crippen LogP contribution in [0.1, 0.15) is 27.0 Å². The normalized spacial score (nSPS) is 10.3. The van der Waals surface area contributed by atoms with Gasteiger partial charge in [0.05, 0.1) is 5.56 Å². The van der Waals surface area contributed by atoms with Crippen molar-refractivity contribution >= 4 is 11.9 Å². The number of benzene rings is 1. The molecule has 0 bridgehead atoms. The van der Waals surface area contributed by atoms with Gasteiger partial charge in [0.2, 0.25) is 0 Å². The highest BCUT2D eigenvalue weighted by atomic mass is 16.5. The molecule has 0 saturated heterocycles. The van der Waals surface area contributed by atoms with E-state index >= 15 is 0 Å². The van der Waals surface area contributed by atoms with E-state index in [2.05, 4.69) is 6.07 Å². The Hall–Kier alpha value is -2.89. The van der Waals surface area contributed by atoms with Gasteiger partial charge in [0, 0.05) is 25.7 Å². The van der Waals surface area contributed by atoms with Crippen LogP contribution >= 0.6 is 0 Å². The van der Waals surface area contributed by atoms with E-state index in [9.17, 15) is 14.8 Å². The quantitative estimate of drug-likeness (QED) is 0.476. The minimum atomic E-state index is -0.635. The first-order valence-corrected chi connectivity index (χ1v) is 7.53. The fraction of sp³-hybridized carbons (Fsp3) is 0.278. The van der Waals surface area contributed by atoms with Crippen molar-refractivity contribution in [3.05, 3.63) is 70.2 Å². The molecular weight excluding hydrogens is 308 g/mol. The Balaban J connectivity index is 1.89.